The van der Waals surface area contributed by atoms with Crippen molar-refractivity contribution in [3.05, 3.63) is 69.0 Å². The normalized spacial score (nSPS) is 14.7. The Kier molecular flexibility index (Phi) is 3.64. The molecule has 0 fully saturated rings. The van der Waals surface area contributed by atoms with Gasteiger partial charge in [-0.1, -0.05) is 0 Å². The summed E-state index contributed by atoms with van der Waals surface area (Å²) in [7, 11) is 0. The molecule has 3 aromatic rings. The SMILES string of the molecule is Cc1ccc(/C=C2\C(=O)Nc3cc(-c4ccc(O)cc4)ccc32)[se]1. The van der Waals surface area contributed by atoms with Crippen molar-refractivity contribution in [3.63, 3.8) is 0 Å². The Morgan fingerprint density at radius 2 is 1.75 bits per heavy atom. The quantitative estimate of drug-likeness (QED) is 0.523. The Hall–Kier alpha value is -2.55. The second-order valence-electron chi connectivity index (χ2n) is 5.77. The van der Waals surface area contributed by atoms with Gasteiger partial charge in [0.25, 0.3) is 0 Å². The average Bonchev–Trinajstić information content (AvgIpc) is 3.11. The standard InChI is InChI=1S/C20H15NO2Se/c1-12-2-8-16(24-12)11-18-17-9-5-14(10-19(17)21-20(18)23)13-3-6-15(22)7-4-13/h2-11,22H,1H3,(H,21,23)/b18-11-. The van der Waals surface area contributed by atoms with Crippen molar-refractivity contribution in [1.82, 2.24) is 0 Å². The Balaban J connectivity index is 1.74. The van der Waals surface area contributed by atoms with E-state index in [2.05, 4.69) is 24.4 Å². The molecule has 0 bridgehead atoms. The number of aryl methyl sites for hydroxylation is 1. The number of phenolic OH excluding ortho intramolecular Hbond substituents is 1. The van der Waals surface area contributed by atoms with Crippen LogP contribution >= 0.6 is 0 Å². The molecule has 0 atom stereocenters. The second-order valence-corrected chi connectivity index (χ2v) is 8.54. The predicted octanol–water partition coefficient (Wildman–Crippen LogP) is 3.92. The molecular weight excluding hydrogens is 365 g/mol. The first kappa shape index (κ1) is 15.0. The van der Waals surface area contributed by atoms with Crippen LogP contribution in [0.3, 0.4) is 0 Å². The summed E-state index contributed by atoms with van der Waals surface area (Å²) in [6, 6.07) is 17.3. The molecule has 1 aromatic heterocycles. The van der Waals surface area contributed by atoms with Crippen molar-refractivity contribution >= 4 is 37.7 Å². The van der Waals surface area contributed by atoms with Crippen LogP contribution in [0.2, 0.25) is 0 Å². The summed E-state index contributed by atoms with van der Waals surface area (Å²) in [5.41, 5.74) is 4.54. The topological polar surface area (TPSA) is 49.3 Å². The molecule has 118 valence electrons. The fraction of sp³-hybridized carbons (Fsp3) is 0.0500. The van der Waals surface area contributed by atoms with Crippen molar-refractivity contribution < 1.29 is 9.90 Å². The summed E-state index contributed by atoms with van der Waals surface area (Å²) in [6.45, 7) is 2.12. The van der Waals surface area contributed by atoms with Gasteiger partial charge in [0, 0.05) is 0 Å². The third-order valence-corrected chi connectivity index (χ3v) is 6.04. The van der Waals surface area contributed by atoms with E-state index in [1.165, 1.54) is 8.87 Å². The first-order valence-electron chi connectivity index (χ1n) is 7.63. The van der Waals surface area contributed by atoms with E-state index >= 15 is 0 Å². The molecule has 1 aliphatic heterocycles. The van der Waals surface area contributed by atoms with Gasteiger partial charge in [0.2, 0.25) is 0 Å². The molecule has 1 aliphatic rings. The number of phenols is 1. The molecule has 2 N–H and O–H groups in total. The molecule has 0 spiro atoms. The molecule has 24 heavy (non-hydrogen) atoms. The van der Waals surface area contributed by atoms with Gasteiger partial charge in [-0.25, -0.2) is 0 Å². The first-order valence-corrected chi connectivity index (χ1v) is 9.35. The molecule has 3 nitrogen and oxygen atoms in total. The zero-order valence-electron chi connectivity index (χ0n) is 13.0. The van der Waals surface area contributed by atoms with Crippen LogP contribution in [-0.4, -0.2) is 25.5 Å². The Morgan fingerprint density at radius 3 is 2.46 bits per heavy atom. The summed E-state index contributed by atoms with van der Waals surface area (Å²) in [5.74, 6) is 0.197. The number of benzene rings is 2. The van der Waals surface area contributed by atoms with E-state index in [1.807, 2.05) is 36.4 Å². The Morgan fingerprint density at radius 1 is 1.00 bits per heavy atom. The van der Waals surface area contributed by atoms with E-state index in [0.717, 1.165) is 28.0 Å². The van der Waals surface area contributed by atoms with Gasteiger partial charge in [-0.05, 0) is 0 Å². The Bertz CT molecular complexity index is 968. The molecule has 0 saturated carbocycles. The summed E-state index contributed by atoms with van der Waals surface area (Å²) in [4.78, 5) is 12.3. The molecule has 2 aromatic carbocycles. The van der Waals surface area contributed by atoms with Crippen molar-refractivity contribution in [2.45, 2.75) is 6.92 Å². The van der Waals surface area contributed by atoms with E-state index in [9.17, 15) is 9.90 Å². The zero-order valence-corrected chi connectivity index (χ0v) is 14.8. The van der Waals surface area contributed by atoms with Gasteiger partial charge in [0.15, 0.2) is 0 Å². The molecular formula is C20H15NO2Se. The van der Waals surface area contributed by atoms with Gasteiger partial charge in [0.05, 0.1) is 0 Å². The van der Waals surface area contributed by atoms with Crippen LogP contribution in [0.4, 0.5) is 5.69 Å². The van der Waals surface area contributed by atoms with Crippen molar-refractivity contribution in [3.8, 4) is 16.9 Å². The molecule has 2 heterocycles. The van der Waals surface area contributed by atoms with Crippen LogP contribution in [-0.2, 0) is 4.79 Å². The number of aromatic hydroxyl groups is 1. The third-order valence-electron chi connectivity index (χ3n) is 4.05. The van der Waals surface area contributed by atoms with Crippen LogP contribution in [0, 0.1) is 6.92 Å². The van der Waals surface area contributed by atoms with Crippen LogP contribution in [0.15, 0.2) is 54.6 Å². The van der Waals surface area contributed by atoms with E-state index in [-0.39, 0.29) is 11.7 Å². The molecule has 4 rings (SSSR count). The fourth-order valence-corrected chi connectivity index (χ4v) is 4.57. The van der Waals surface area contributed by atoms with E-state index in [1.54, 1.807) is 12.1 Å². The minimum atomic E-state index is -0.0471. The number of fused-ring (bicyclic) bond motifs is 1. The van der Waals surface area contributed by atoms with Crippen molar-refractivity contribution in [1.29, 1.82) is 0 Å². The van der Waals surface area contributed by atoms with Crippen molar-refractivity contribution in [2.75, 3.05) is 5.32 Å². The number of hydrogen-bond acceptors (Lipinski definition) is 2. The number of amides is 1. The summed E-state index contributed by atoms with van der Waals surface area (Å²) < 4.78 is 2.59. The number of nitrogens with one attached hydrogen (secondary N) is 1. The number of rotatable bonds is 2. The first-order chi connectivity index (χ1) is 11.6. The van der Waals surface area contributed by atoms with E-state index < -0.39 is 0 Å². The fourth-order valence-electron chi connectivity index (χ4n) is 2.84. The van der Waals surface area contributed by atoms with E-state index in [0.29, 0.717) is 14.5 Å². The predicted molar refractivity (Wildman–Crippen MR) is 98.2 cm³/mol. The van der Waals surface area contributed by atoms with Gasteiger partial charge >= 0.3 is 146 Å². The van der Waals surface area contributed by atoms with Gasteiger partial charge in [0.1, 0.15) is 0 Å². The monoisotopic (exact) mass is 381 g/mol. The van der Waals surface area contributed by atoms with Gasteiger partial charge in [-0.3, -0.25) is 0 Å². The van der Waals surface area contributed by atoms with Crippen LogP contribution in [0.5, 0.6) is 5.75 Å². The molecule has 4 heteroatoms. The maximum absolute atomic E-state index is 12.3. The summed E-state index contributed by atoms with van der Waals surface area (Å²) in [5, 5.41) is 12.4. The summed E-state index contributed by atoms with van der Waals surface area (Å²) >= 11 is 0.321. The van der Waals surface area contributed by atoms with Crippen LogP contribution in [0.1, 0.15) is 14.4 Å². The number of hydrogen-bond donors (Lipinski definition) is 2. The van der Waals surface area contributed by atoms with Crippen LogP contribution in [0.25, 0.3) is 22.8 Å². The van der Waals surface area contributed by atoms with E-state index in [4.69, 9.17) is 0 Å². The third kappa shape index (κ3) is 2.71. The van der Waals surface area contributed by atoms with Crippen molar-refractivity contribution in [2.24, 2.45) is 0 Å². The average molecular weight is 380 g/mol. The number of carbonyl (C=O) groups excluding carboxylic acids is 1. The number of carbonyl (C=O) groups is 1. The number of anilines is 1. The summed E-state index contributed by atoms with van der Waals surface area (Å²) in [6.07, 6.45) is 2.01. The molecule has 0 radical (unpaired) electrons. The molecule has 0 saturated heterocycles. The van der Waals surface area contributed by atoms with Gasteiger partial charge in [-0.15, -0.1) is 0 Å². The second kappa shape index (κ2) is 5.82. The molecule has 0 unspecified atom stereocenters. The molecule has 0 aliphatic carbocycles. The van der Waals surface area contributed by atoms with Crippen LogP contribution < -0.4 is 5.32 Å². The Labute approximate surface area is 146 Å². The zero-order chi connectivity index (χ0) is 16.7. The van der Waals surface area contributed by atoms with Gasteiger partial charge < -0.3 is 0 Å². The maximum atomic E-state index is 12.3. The minimum absolute atomic E-state index is 0.0471. The van der Waals surface area contributed by atoms with Gasteiger partial charge in [-0.2, -0.15) is 0 Å². The molecule has 1 amide bonds.